The zero-order valence-corrected chi connectivity index (χ0v) is 29.0. The standard InChI is InChI=1S/C37H52O11/c1-8-10-11-14-22-23(45-22)15-12-13-16-25(39)46-29-21(5)35(43)24-17-20(4)28(40)36(24,44)32(42)34(18-38)30(47-34)26(35)27-33(6,7)37(27,29)48-31(41)19(3)9-2/h12-13,15-17,19,21-24,26-27,29-30,32,38,42-44H,8-11,14,18H2,1-7H3/b15-12+,16-13+/t19?,21-,22?,23?,24+,26-,27+,29?,30?,32?,34?,35?,36?,37?/m1/s1. The van der Waals surface area contributed by atoms with E-state index in [9.17, 15) is 34.8 Å². The van der Waals surface area contributed by atoms with Crippen LogP contribution in [0.4, 0.5) is 0 Å². The van der Waals surface area contributed by atoms with Crippen molar-refractivity contribution >= 4 is 17.7 Å². The number of esters is 2. The molecule has 5 fully saturated rings. The van der Waals surface area contributed by atoms with Gasteiger partial charge < -0.3 is 39.4 Å². The monoisotopic (exact) mass is 672 g/mol. The van der Waals surface area contributed by atoms with E-state index in [4.69, 9.17) is 18.9 Å². The van der Waals surface area contributed by atoms with Crippen molar-refractivity contribution in [3.05, 3.63) is 36.0 Å². The first-order chi connectivity index (χ1) is 22.5. The topological polar surface area (TPSA) is 176 Å². The van der Waals surface area contributed by atoms with Gasteiger partial charge in [-0.15, -0.1) is 0 Å². The second kappa shape index (κ2) is 11.8. The van der Waals surface area contributed by atoms with Crippen molar-refractivity contribution in [3.8, 4) is 0 Å². The molecular formula is C37H52O11. The number of Topliss-reactive ketones (excluding diaryl/α,β-unsaturated/α-hetero) is 1. The van der Waals surface area contributed by atoms with Gasteiger partial charge in [-0.2, -0.15) is 0 Å². The van der Waals surface area contributed by atoms with Gasteiger partial charge in [0.25, 0.3) is 0 Å². The Bertz CT molecular complexity index is 1430. The molecule has 6 rings (SSSR count). The molecule has 2 aliphatic heterocycles. The molecule has 11 heteroatoms. The Hall–Kier alpha value is -2.41. The van der Waals surface area contributed by atoms with Crippen LogP contribution in [0.1, 0.15) is 80.6 Å². The van der Waals surface area contributed by atoms with Crippen LogP contribution in [0, 0.1) is 35.0 Å². The number of hydrogen-bond donors (Lipinski definition) is 4. The number of allylic oxidation sites excluding steroid dienone is 2. The summed E-state index contributed by atoms with van der Waals surface area (Å²) in [4.78, 5) is 40.5. The number of carbonyl (C=O) groups is 3. The number of rotatable bonds is 12. The molecule has 4 aliphatic carbocycles. The highest BCUT2D eigenvalue weighted by Gasteiger charge is 2.93. The molecule has 0 amide bonds. The fourth-order valence-corrected chi connectivity index (χ4v) is 9.73. The van der Waals surface area contributed by atoms with Crippen molar-refractivity contribution in [2.24, 2.45) is 35.0 Å². The smallest absolute Gasteiger partial charge is 0.331 e. The third kappa shape index (κ3) is 4.71. The number of ketones is 1. The summed E-state index contributed by atoms with van der Waals surface area (Å²) in [5, 5.41) is 47.3. The Morgan fingerprint density at radius 1 is 1.15 bits per heavy atom. The third-order valence-corrected chi connectivity index (χ3v) is 12.9. The summed E-state index contributed by atoms with van der Waals surface area (Å²) in [7, 11) is 0. The molecule has 0 aromatic rings. The molecule has 0 aromatic heterocycles. The van der Waals surface area contributed by atoms with Crippen molar-refractivity contribution in [1.82, 2.24) is 0 Å². The van der Waals surface area contributed by atoms with Crippen LogP contribution in [0.5, 0.6) is 0 Å². The maximum atomic E-state index is 13.5. The van der Waals surface area contributed by atoms with E-state index in [2.05, 4.69) is 6.92 Å². The van der Waals surface area contributed by atoms with E-state index in [1.165, 1.54) is 19.1 Å². The molecule has 48 heavy (non-hydrogen) atoms. The molecule has 14 atom stereocenters. The molecule has 4 N–H and O–H groups in total. The van der Waals surface area contributed by atoms with E-state index >= 15 is 0 Å². The van der Waals surface area contributed by atoms with E-state index in [1.54, 1.807) is 26.0 Å². The normalized spacial score (nSPS) is 46.9. The van der Waals surface area contributed by atoms with Crippen molar-refractivity contribution in [2.45, 2.75) is 133 Å². The lowest BCUT2D eigenvalue weighted by molar-refractivity contribution is -0.244. The number of epoxide rings is 2. The van der Waals surface area contributed by atoms with Crippen LogP contribution in [-0.4, -0.2) is 97.7 Å². The fourth-order valence-electron chi connectivity index (χ4n) is 9.73. The van der Waals surface area contributed by atoms with E-state index in [0.29, 0.717) is 6.42 Å². The number of aliphatic hydroxyl groups excluding tert-OH is 2. The molecule has 0 aromatic carbocycles. The van der Waals surface area contributed by atoms with Gasteiger partial charge in [-0.1, -0.05) is 85.1 Å². The number of fused-ring (bicyclic) bond motifs is 7. The number of aliphatic hydroxyl groups is 4. The summed E-state index contributed by atoms with van der Waals surface area (Å²) in [6.45, 7) is 11.9. The second-order valence-electron chi connectivity index (χ2n) is 15.7. The molecule has 2 saturated heterocycles. The summed E-state index contributed by atoms with van der Waals surface area (Å²) in [6.07, 6.45) is 8.98. The molecule has 0 spiro atoms. The van der Waals surface area contributed by atoms with Crippen LogP contribution in [0.25, 0.3) is 0 Å². The van der Waals surface area contributed by atoms with Gasteiger partial charge in [0, 0.05) is 35.2 Å². The first-order valence-corrected chi connectivity index (χ1v) is 17.6. The van der Waals surface area contributed by atoms with E-state index in [0.717, 1.165) is 25.7 Å². The Kier molecular flexibility index (Phi) is 8.74. The van der Waals surface area contributed by atoms with Crippen molar-refractivity contribution < 1.29 is 53.8 Å². The largest absolute Gasteiger partial charge is 0.455 e. The fraction of sp³-hybridized carbons (Fsp3) is 0.757. The molecule has 11 nitrogen and oxygen atoms in total. The SMILES string of the molecule is CCCCCC1OC1/C=C/C=C/C(=O)OC1[C@@H](C)C2(O)[C@@H]3C=C(C)C(=O)C3(O)C(O)C3(CO)OC3[C@H]2[C@H]2C(C)(C)C12OC(=O)C(C)CC. The minimum Gasteiger partial charge on any atom is -0.455 e. The molecule has 6 aliphatic rings. The first-order valence-electron chi connectivity index (χ1n) is 17.6. The van der Waals surface area contributed by atoms with Crippen molar-refractivity contribution in [2.75, 3.05) is 6.61 Å². The van der Waals surface area contributed by atoms with Gasteiger partial charge in [-0.3, -0.25) is 9.59 Å². The van der Waals surface area contributed by atoms with Crippen LogP contribution in [0.15, 0.2) is 36.0 Å². The minimum atomic E-state index is -2.51. The highest BCUT2D eigenvalue weighted by Crippen LogP contribution is 2.80. The van der Waals surface area contributed by atoms with Crippen LogP contribution >= 0.6 is 0 Å². The van der Waals surface area contributed by atoms with Gasteiger partial charge in [-0.05, 0) is 25.3 Å². The van der Waals surface area contributed by atoms with Crippen LogP contribution in [0.3, 0.4) is 0 Å². The van der Waals surface area contributed by atoms with Gasteiger partial charge in [0.2, 0.25) is 0 Å². The molecule has 2 heterocycles. The predicted octanol–water partition coefficient (Wildman–Crippen LogP) is 2.72. The Balaban J connectivity index is 1.36. The van der Waals surface area contributed by atoms with E-state index in [-0.39, 0.29) is 17.8 Å². The van der Waals surface area contributed by atoms with Gasteiger partial charge in [0.05, 0.1) is 30.3 Å². The van der Waals surface area contributed by atoms with Gasteiger partial charge >= 0.3 is 11.9 Å². The summed E-state index contributed by atoms with van der Waals surface area (Å²) in [5.74, 6) is -6.39. The average Bonchev–Trinajstić information content (AvgIpc) is 4.00. The molecule has 3 saturated carbocycles. The van der Waals surface area contributed by atoms with Gasteiger partial charge in [0.1, 0.15) is 23.9 Å². The number of hydrogen-bond acceptors (Lipinski definition) is 11. The second-order valence-corrected chi connectivity index (χ2v) is 15.7. The lowest BCUT2D eigenvalue weighted by atomic mass is 9.58. The molecule has 0 radical (unpaired) electrons. The molecule has 0 bridgehead atoms. The van der Waals surface area contributed by atoms with Crippen LogP contribution in [-0.2, 0) is 33.3 Å². The van der Waals surface area contributed by atoms with Crippen molar-refractivity contribution in [1.29, 1.82) is 0 Å². The van der Waals surface area contributed by atoms with Gasteiger partial charge in [0.15, 0.2) is 17.0 Å². The molecule has 10 unspecified atom stereocenters. The van der Waals surface area contributed by atoms with Crippen molar-refractivity contribution in [3.63, 3.8) is 0 Å². The van der Waals surface area contributed by atoms with Crippen LogP contribution < -0.4 is 0 Å². The Morgan fingerprint density at radius 2 is 1.85 bits per heavy atom. The lowest BCUT2D eigenvalue weighted by Crippen LogP contribution is -2.69. The van der Waals surface area contributed by atoms with E-state index in [1.807, 2.05) is 26.8 Å². The minimum absolute atomic E-state index is 0.00832. The number of ether oxygens (including phenoxy) is 4. The quantitative estimate of drug-likeness (QED) is 0.0789. The summed E-state index contributed by atoms with van der Waals surface area (Å²) >= 11 is 0. The maximum absolute atomic E-state index is 13.5. The third-order valence-electron chi connectivity index (χ3n) is 12.9. The summed E-state index contributed by atoms with van der Waals surface area (Å²) in [6, 6.07) is 0. The predicted molar refractivity (Wildman–Crippen MR) is 172 cm³/mol. The maximum Gasteiger partial charge on any atom is 0.331 e. The molecule has 266 valence electrons. The zero-order valence-electron chi connectivity index (χ0n) is 29.0. The lowest BCUT2D eigenvalue weighted by Gasteiger charge is -2.53. The Morgan fingerprint density at radius 3 is 2.50 bits per heavy atom. The average molecular weight is 673 g/mol. The van der Waals surface area contributed by atoms with E-state index < -0.39 is 100 Å². The number of carbonyl (C=O) groups excluding carboxylic acids is 3. The highest BCUT2D eigenvalue weighted by atomic mass is 16.6. The van der Waals surface area contributed by atoms with Crippen LogP contribution in [0.2, 0.25) is 0 Å². The summed E-state index contributed by atoms with van der Waals surface area (Å²) in [5.41, 5.74) is -8.36. The first kappa shape index (κ1) is 35.4. The molecular weight excluding hydrogens is 620 g/mol. The Labute approximate surface area is 282 Å². The zero-order chi connectivity index (χ0) is 35.2. The number of unbranched alkanes of at least 4 members (excludes halogenated alkanes) is 2. The van der Waals surface area contributed by atoms with Gasteiger partial charge in [-0.25, -0.2) is 4.79 Å². The highest BCUT2D eigenvalue weighted by molar-refractivity contribution is 6.05. The summed E-state index contributed by atoms with van der Waals surface area (Å²) < 4.78 is 24.3.